The minimum atomic E-state index is 0.664. The lowest BCUT2D eigenvalue weighted by molar-refractivity contribution is 0.226. The maximum Gasteiger partial charge on any atom is 0.0319 e. The van der Waals surface area contributed by atoms with Crippen molar-refractivity contribution in [3.8, 4) is 0 Å². The van der Waals surface area contributed by atoms with E-state index in [0.717, 1.165) is 18.4 Å². The lowest BCUT2D eigenvalue weighted by Crippen LogP contribution is -2.18. The molecule has 2 aliphatic carbocycles. The number of fused-ring (bicyclic) bond motifs is 1. The highest BCUT2D eigenvalue weighted by Gasteiger charge is 2.62. The summed E-state index contributed by atoms with van der Waals surface area (Å²) in [5.41, 5.74) is 1.42. The summed E-state index contributed by atoms with van der Waals surface area (Å²) in [7, 11) is 1.00. The van der Waals surface area contributed by atoms with Crippen LogP contribution in [0.3, 0.4) is 0 Å². The molecule has 2 aliphatic rings. The Morgan fingerprint density at radius 2 is 1.73 bits per heavy atom. The molecule has 0 spiro atoms. The summed E-state index contributed by atoms with van der Waals surface area (Å²) in [6.07, 6.45) is 4.48. The largest absolute Gasteiger partial charge is 0.400 e. The third-order valence-corrected chi connectivity index (χ3v) is 4.08. The maximum absolute atomic E-state index is 7.00. The van der Waals surface area contributed by atoms with Crippen molar-refractivity contribution in [3.05, 3.63) is 0 Å². The van der Waals surface area contributed by atoms with Gasteiger partial charge in [-0.05, 0) is 36.0 Å². The Bertz CT molecular complexity index is 146. The van der Waals surface area contributed by atoms with Crippen molar-refractivity contribution in [2.24, 2.45) is 16.7 Å². The number of aliphatic hydroxyl groups excluding tert-OH is 1. The highest BCUT2D eigenvalue weighted by molar-refractivity contribution is 5.12. The smallest absolute Gasteiger partial charge is 0.0319 e. The van der Waals surface area contributed by atoms with Crippen LogP contribution in [0.15, 0.2) is 0 Å². The maximum atomic E-state index is 7.00. The zero-order valence-electron chi connectivity index (χ0n) is 8.15. The van der Waals surface area contributed by atoms with Gasteiger partial charge in [0.25, 0.3) is 0 Å². The molecule has 0 heterocycles. The average molecular weight is 156 g/mol. The van der Waals surface area contributed by atoms with Gasteiger partial charge in [0, 0.05) is 7.11 Å². The first kappa shape index (κ1) is 9.05. The van der Waals surface area contributed by atoms with Gasteiger partial charge in [0.15, 0.2) is 0 Å². The van der Waals surface area contributed by atoms with E-state index in [9.17, 15) is 0 Å². The highest BCUT2D eigenvalue weighted by atomic mass is 16.2. The molecule has 0 saturated heterocycles. The average Bonchev–Trinajstić information content (AvgIpc) is 2.59. The van der Waals surface area contributed by atoms with Gasteiger partial charge in [-0.1, -0.05) is 20.8 Å². The molecule has 66 valence electrons. The molecule has 0 aromatic heterocycles. The Morgan fingerprint density at radius 3 is 1.82 bits per heavy atom. The van der Waals surface area contributed by atoms with Crippen molar-refractivity contribution < 1.29 is 5.11 Å². The van der Waals surface area contributed by atoms with E-state index in [-0.39, 0.29) is 0 Å². The van der Waals surface area contributed by atoms with E-state index >= 15 is 0 Å². The molecule has 2 saturated carbocycles. The van der Waals surface area contributed by atoms with Crippen LogP contribution in [0.2, 0.25) is 0 Å². The van der Waals surface area contributed by atoms with Crippen LogP contribution in [0.5, 0.6) is 0 Å². The predicted molar refractivity (Wildman–Crippen MR) is 47.4 cm³/mol. The summed E-state index contributed by atoms with van der Waals surface area (Å²) < 4.78 is 0. The lowest BCUT2D eigenvalue weighted by Gasteiger charge is -2.27. The zero-order chi connectivity index (χ0) is 8.70. The second kappa shape index (κ2) is 2.48. The van der Waals surface area contributed by atoms with Gasteiger partial charge in [-0.15, -0.1) is 0 Å². The van der Waals surface area contributed by atoms with E-state index in [0.29, 0.717) is 5.41 Å². The molecule has 0 aromatic carbocycles. The van der Waals surface area contributed by atoms with Crippen molar-refractivity contribution in [1.29, 1.82) is 0 Å². The Morgan fingerprint density at radius 1 is 1.18 bits per heavy atom. The highest BCUT2D eigenvalue weighted by Crippen LogP contribution is 2.71. The summed E-state index contributed by atoms with van der Waals surface area (Å²) in [5.74, 6) is 1.10. The van der Waals surface area contributed by atoms with E-state index in [1.165, 1.54) is 19.3 Å². The first-order chi connectivity index (χ1) is 5.06. The Labute approximate surface area is 69.8 Å². The zero-order valence-corrected chi connectivity index (χ0v) is 8.15. The molecule has 0 bridgehead atoms. The van der Waals surface area contributed by atoms with Crippen molar-refractivity contribution >= 4 is 0 Å². The Hall–Kier alpha value is -0.0400. The van der Waals surface area contributed by atoms with Crippen LogP contribution in [-0.4, -0.2) is 12.2 Å². The van der Waals surface area contributed by atoms with Gasteiger partial charge in [0.05, 0.1) is 0 Å². The van der Waals surface area contributed by atoms with Gasteiger partial charge < -0.3 is 5.11 Å². The lowest BCUT2D eigenvalue weighted by atomic mass is 9.78. The van der Waals surface area contributed by atoms with E-state index < -0.39 is 0 Å². The minimum Gasteiger partial charge on any atom is -0.400 e. The van der Waals surface area contributed by atoms with Crippen LogP contribution < -0.4 is 0 Å². The molecule has 2 fully saturated rings. The van der Waals surface area contributed by atoms with E-state index in [2.05, 4.69) is 20.8 Å². The van der Waals surface area contributed by atoms with Gasteiger partial charge in [-0.2, -0.15) is 0 Å². The Balaban J connectivity index is 0.000000281. The quantitative estimate of drug-likeness (QED) is 0.571. The molecular weight excluding hydrogens is 136 g/mol. The second-order valence-electron chi connectivity index (χ2n) is 4.74. The molecule has 0 radical (unpaired) electrons. The van der Waals surface area contributed by atoms with Gasteiger partial charge in [0.1, 0.15) is 0 Å². The van der Waals surface area contributed by atoms with Crippen LogP contribution in [0, 0.1) is 16.7 Å². The van der Waals surface area contributed by atoms with Gasteiger partial charge >= 0.3 is 0 Å². The van der Waals surface area contributed by atoms with Gasteiger partial charge in [-0.3, -0.25) is 0 Å². The number of hydrogen-bond acceptors (Lipinski definition) is 1. The molecule has 0 aromatic rings. The SMILES string of the molecule is CC1(C)CCC2CC21C.CO. The number of hydrogen-bond donors (Lipinski definition) is 1. The summed E-state index contributed by atoms with van der Waals surface area (Å²) in [4.78, 5) is 0. The van der Waals surface area contributed by atoms with E-state index in [1.54, 1.807) is 0 Å². The molecule has 2 rings (SSSR count). The molecule has 1 nitrogen and oxygen atoms in total. The molecule has 0 amide bonds. The summed E-state index contributed by atoms with van der Waals surface area (Å²) >= 11 is 0. The second-order valence-corrected chi connectivity index (χ2v) is 4.74. The Kier molecular flexibility index (Phi) is 2.04. The standard InChI is InChI=1S/C9H16.CH4O/c1-8(2)5-4-7-6-9(7,8)3;1-2/h7H,4-6H2,1-3H3;2H,1H3. The van der Waals surface area contributed by atoms with Crippen molar-refractivity contribution in [2.75, 3.05) is 7.11 Å². The van der Waals surface area contributed by atoms with Crippen LogP contribution >= 0.6 is 0 Å². The molecular formula is C10H20O. The predicted octanol–water partition coefficient (Wildman–Crippen LogP) is 2.44. The first-order valence-corrected chi connectivity index (χ1v) is 4.51. The van der Waals surface area contributed by atoms with Crippen molar-refractivity contribution in [2.45, 2.75) is 40.0 Å². The van der Waals surface area contributed by atoms with Gasteiger partial charge in [0.2, 0.25) is 0 Å². The summed E-state index contributed by atoms with van der Waals surface area (Å²) in [6, 6.07) is 0. The first-order valence-electron chi connectivity index (χ1n) is 4.51. The summed E-state index contributed by atoms with van der Waals surface area (Å²) in [6.45, 7) is 7.32. The third kappa shape index (κ3) is 1.10. The fourth-order valence-electron chi connectivity index (χ4n) is 2.52. The fourth-order valence-corrected chi connectivity index (χ4v) is 2.52. The van der Waals surface area contributed by atoms with Crippen LogP contribution in [0.25, 0.3) is 0 Å². The number of rotatable bonds is 0. The van der Waals surface area contributed by atoms with Crippen molar-refractivity contribution in [1.82, 2.24) is 0 Å². The molecule has 2 unspecified atom stereocenters. The molecule has 11 heavy (non-hydrogen) atoms. The molecule has 1 heteroatoms. The van der Waals surface area contributed by atoms with E-state index in [1.807, 2.05) is 0 Å². The van der Waals surface area contributed by atoms with E-state index in [4.69, 9.17) is 5.11 Å². The molecule has 0 aliphatic heterocycles. The van der Waals surface area contributed by atoms with Crippen LogP contribution in [-0.2, 0) is 0 Å². The third-order valence-electron chi connectivity index (χ3n) is 4.08. The topological polar surface area (TPSA) is 20.2 Å². The number of aliphatic hydroxyl groups is 1. The van der Waals surface area contributed by atoms with Crippen LogP contribution in [0.4, 0.5) is 0 Å². The minimum absolute atomic E-state index is 0.664. The monoisotopic (exact) mass is 156 g/mol. The normalized spacial score (nSPS) is 43.9. The van der Waals surface area contributed by atoms with Crippen LogP contribution in [0.1, 0.15) is 40.0 Å². The molecule has 2 atom stereocenters. The summed E-state index contributed by atoms with van der Waals surface area (Å²) in [5, 5.41) is 7.00. The van der Waals surface area contributed by atoms with Crippen molar-refractivity contribution in [3.63, 3.8) is 0 Å². The van der Waals surface area contributed by atoms with Gasteiger partial charge in [-0.25, -0.2) is 0 Å². The molecule has 1 N–H and O–H groups in total. The fraction of sp³-hybridized carbons (Fsp3) is 1.00.